The van der Waals surface area contributed by atoms with Gasteiger partial charge in [-0.1, -0.05) is 6.92 Å². The second-order valence-electron chi connectivity index (χ2n) is 3.56. The van der Waals surface area contributed by atoms with Gasteiger partial charge in [-0.2, -0.15) is 0 Å². The highest BCUT2D eigenvalue weighted by atomic mass is 16.4. The molecule has 0 aliphatic carbocycles. The minimum Gasteiger partial charge on any atom is -0.480 e. The van der Waals surface area contributed by atoms with Crippen molar-refractivity contribution in [2.45, 2.75) is 38.8 Å². The van der Waals surface area contributed by atoms with E-state index < -0.39 is 12.0 Å². The monoisotopic (exact) mass is 174 g/mol. The lowest BCUT2D eigenvalue weighted by atomic mass is 10.0. The molecule has 4 heteroatoms. The molecular formula is C8H18N2O2. The molecule has 1 unspecified atom stereocenters. The van der Waals surface area contributed by atoms with E-state index in [2.05, 4.69) is 5.32 Å². The molecule has 0 heterocycles. The quantitative estimate of drug-likeness (QED) is 0.555. The Balaban J connectivity index is 3.75. The van der Waals surface area contributed by atoms with E-state index in [4.69, 9.17) is 10.8 Å². The lowest BCUT2D eigenvalue weighted by Gasteiger charge is -2.25. The molecule has 0 aromatic rings. The van der Waals surface area contributed by atoms with Crippen LogP contribution in [0.3, 0.4) is 0 Å². The summed E-state index contributed by atoms with van der Waals surface area (Å²) < 4.78 is 0. The summed E-state index contributed by atoms with van der Waals surface area (Å²) in [5, 5.41) is 11.6. The van der Waals surface area contributed by atoms with Gasteiger partial charge in [-0.3, -0.25) is 4.79 Å². The van der Waals surface area contributed by atoms with Gasteiger partial charge in [0, 0.05) is 12.1 Å². The molecule has 0 aromatic heterocycles. The number of hydrogen-bond acceptors (Lipinski definition) is 3. The standard InChI is InChI=1S/C8H18N2O2/c1-4-8(2,3)10-5-6(9)7(11)12/h6,10H,4-5,9H2,1-3H3,(H,11,12). The van der Waals surface area contributed by atoms with Crippen molar-refractivity contribution in [3.05, 3.63) is 0 Å². The first kappa shape index (κ1) is 11.4. The molecule has 4 N–H and O–H groups in total. The predicted octanol–water partition coefficient (Wildman–Crippen LogP) is 0.177. The summed E-state index contributed by atoms with van der Waals surface area (Å²) >= 11 is 0. The average Bonchev–Trinajstić information content (AvgIpc) is 2.00. The first-order chi connectivity index (χ1) is 5.39. The summed E-state index contributed by atoms with van der Waals surface area (Å²) in [6.45, 7) is 6.39. The maximum absolute atomic E-state index is 10.3. The van der Waals surface area contributed by atoms with Crippen LogP contribution in [0.5, 0.6) is 0 Å². The Morgan fingerprint density at radius 1 is 1.67 bits per heavy atom. The summed E-state index contributed by atoms with van der Waals surface area (Å²) in [7, 11) is 0. The molecule has 0 amide bonds. The zero-order chi connectivity index (χ0) is 9.78. The summed E-state index contributed by atoms with van der Waals surface area (Å²) in [5.74, 6) is -0.964. The van der Waals surface area contributed by atoms with Crippen LogP contribution in [0.25, 0.3) is 0 Å². The number of carbonyl (C=O) groups is 1. The molecule has 4 nitrogen and oxygen atoms in total. The van der Waals surface area contributed by atoms with E-state index in [9.17, 15) is 4.79 Å². The first-order valence-corrected chi connectivity index (χ1v) is 4.12. The van der Waals surface area contributed by atoms with Crippen molar-refractivity contribution >= 4 is 5.97 Å². The van der Waals surface area contributed by atoms with E-state index in [0.717, 1.165) is 6.42 Å². The molecule has 0 bridgehead atoms. The van der Waals surface area contributed by atoms with Crippen LogP contribution in [0.4, 0.5) is 0 Å². The lowest BCUT2D eigenvalue weighted by molar-refractivity contribution is -0.138. The molecule has 0 spiro atoms. The third-order valence-electron chi connectivity index (χ3n) is 2.00. The van der Waals surface area contributed by atoms with Gasteiger partial charge in [0.2, 0.25) is 0 Å². The van der Waals surface area contributed by atoms with E-state index in [1.807, 2.05) is 20.8 Å². The maximum Gasteiger partial charge on any atom is 0.321 e. The largest absolute Gasteiger partial charge is 0.480 e. The van der Waals surface area contributed by atoms with Crippen molar-refractivity contribution in [3.63, 3.8) is 0 Å². The van der Waals surface area contributed by atoms with Gasteiger partial charge < -0.3 is 16.2 Å². The highest BCUT2D eigenvalue weighted by Crippen LogP contribution is 2.05. The fourth-order valence-corrected chi connectivity index (χ4v) is 0.599. The summed E-state index contributed by atoms with van der Waals surface area (Å²) in [6.07, 6.45) is 0.944. The minimum absolute atomic E-state index is 0.0347. The van der Waals surface area contributed by atoms with Crippen LogP contribution in [0.2, 0.25) is 0 Å². The molecule has 0 aliphatic rings. The van der Waals surface area contributed by atoms with E-state index in [1.165, 1.54) is 0 Å². The minimum atomic E-state index is -0.964. The zero-order valence-electron chi connectivity index (χ0n) is 7.92. The van der Waals surface area contributed by atoms with Gasteiger partial charge in [0.1, 0.15) is 6.04 Å². The molecular weight excluding hydrogens is 156 g/mol. The molecule has 0 fully saturated rings. The summed E-state index contributed by atoms with van der Waals surface area (Å²) in [4.78, 5) is 10.3. The topological polar surface area (TPSA) is 75.3 Å². The van der Waals surface area contributed by atoms with E-state index in [0.29, 0.717) is 6.54 Å². The van der Waals surface area contributed by atoms with Crippen LogP contribution in [-0.2, 0) is 4.79 Å². The normalized spacial score (nSPS) is 14.3. The van der Waals surface area contributed by atoms with Gasteiger partial charge in [-0.25, -0.2) is 0 Å². The van der Waals surface area contributed by atoms with Crippen molar-refractivity contribution in [3.8, 4) is 0 Å². The SMILES string of the molecule is CCC(C)(C)NCC(N)C(=O)O. The Labute approximate surface area is 73.1 Å². The van der Waals surface area contributed by atoms with Gasteiger partial charge >= 0.3 is 5.97 Å². The number of hydrogen-bond donors (Lipinski definition) is 3. The maximum atomic E-state index is 10.3. The predicted molar refractivity (Wildman–Crippen MR) is 48.0 cm³/mol. The number of rotatable bonds is 5. The second kappa shape index (κ2) is 4.42. The number of carboxylic acids is 1. The van der Waals surface area contributed by atoms with Crippen molar-refractivity contribution in [1.29, 1.82) is 0 Å². The van der Waals surface area contributed by atoms with Crippen molar-refractivity contribution in [2.75, 3.05) is 6.54 Å². The highest BCUT2D eigenvalue weighted by Gasteiger charge is 2.18. The molecule has 0 saturated heterocycles. The van der Waals surface area contributed by atoms with E-state index in [1.54, 1.807) is 0 Å². The molecule has 0 aliphatic heterocycles. The molecule has 0 radical (unpaired) electrons. The third-order valence-corrected chi connectivity index (χ3v) is 2.00. The number of nitrogens with one attached hydrogen (secondary N) is 1. The van der Waals surface area contributed by atoms with Crippen LogP contribution in [0.15, 0.2) is 0 Å². The molecule has 72 valence electrons. The van der Waals surface area contributed by atoms with Crippen molar-refractivity contribution < 1.29 is 9.90 Å². The Morgan fingerprint density at radius 2 is 2.17 bits per heavy atom. The van der Waals surface area contributed by atoms with Crippen LogP contribution in [0, 0.1) is 0 Å². The Kier molecular flexibility index (Phi) is 4.20. The van der Waals surface area contributed by atoms with Gasteiger partial charge in [0.15, 0.2) is 0 Å². The van der Waals surface area contributed by atoms with E-state index >= 15 is 0 Å². The molecule has 0 saturated carbocycles. The van der Waals surface area contributed by atoms with Crippen molar-refractivity contribution in [1.82, 2.24) is 5.32 Å². The van der Waals surface area contributed by atoms with Crippen LogP contribution in [-0.4, -0.2) is 29.2 Å². The summed E-state index contributed by atoms with van der Waals surface area (Å²) in [6, 6.07) is -0.809. The zero-order valence-corrected chi connectivity index (χ0v) is 7.92. The van der Waals surface area contributed by atoms with Gasteiger partial charge in [-0.05, 0) is 20.3 Å². The number of aliphatic carboxylic acids is 1. The fourth-order valence-electron chi connectivity index (χ4n) is 0.599. The van der Waals surface area contributed by atoms with Crippen LogP contribution < -0.4 is 11.1 Å². The third kappa shape index (κ3) is 4.31. The molecule has 0 aromatic carbocycles. The van der Waals surface area contributed by atoms with Gasteiger partial charge in [0.25, 0.3) is 0 Å². The Hall–Kier alpha value is -0.610. The number of carboxylic acid groups (broad SMARTS) is 1. The average molecular weight is 174 g/mol. The van der Waals surface area contributed by atoms with E-state index in [-0.39, 0.29) is 5.54 Å². The summed E-state index contributed by atoms with van der Waals surface area (Å²) in [5.41, 5.74) is 5.28. The molecule has 0 rings (SSSR count). The van der Waals surface area contributed by atoms with Gasteiger partial charge in [-0.15, -0.1) is 0 Å². The molecule has 12 heavy (non-hydrogen) atoms. The first-order valence-electron chi connectivity index (χ1n) is 4.12. The lowest BCUT2D eigenvalue weighted by Crippen LogP contribution is -2.48. The Morgan fingerprint density at radius 3 is 2.50 bits per heavy atom. The second-order valence-corrected chi connectivity index (χ2v) is 3.56. The van der Waals surface area contributed by atoms with Crippen LogP contribution in [0.1, 0.15) is 27.2 Å². The molecule has 1 atom stereocenters. The van der Waals surface area contributed by atoms with Crippen LogP contribution >= 0.6 is 0 Å². The Bertz CT molecular complexity index is 157. The fraction of sp³-hybridized carbons (Fsp3) is 0.875. The van der Waals surface area contributed by atoms with Gasteiger partial charge in [0.05, 0.1) is 0 Å². The number of nitrogens with two attached hydrogens (primary N) is 1. The highest BCUT2D eigenvalue weighted by molar-refractivity contribution is 5.73. The smallest absolute Gasteiger partial charge is 0.321 e. The van der Waals surface area contributed by atoms with Crippen molar-refractivity contribution in [2.24, 2.45) is 5.73 Å².